The number of carbonyl (C=O) groups is 1. The van der Waals surface area contributed by atoms with Crippen LogP contribution >= 0.6 is 0 Å². The number of nitrogens with zero attached hydrogens (tertiary/aromatic N) is 3. The summed E-state index contributed by atoms with van der Waals surface area (Å²) in [5.41, 5.74) is 3.53. The predicted octanol–water partition coefficient (Wildman–Crippen LogP) is 2.00. The molecule has 1 aromatic heterocycles. The predicted molar refractivity (Wildman–Crippen MR) is 74.1 cm³/mol. The Kier molecular flexibility index (Phi) is 2.93. The molecule has 2 N–H and O–H groups in total. The average molecular weight is 272 g/mol. The van der Waals surface area contributed by atoms with Gasteiger partial charge in [0.05, 0.1) is 6.04 Å². The van der Waals surface area contributed by atoms with E-state index >= 15 is 0 Å². The Morgan fingerprint density at radius 2 is 2.05 bits per heavy atom. The third-order valence-electron chi connectivity index (χ3n) is 3.45. The molecule has 6 nitrogen and oxygen atoms in total. The van der Waals surface area contributed by atoms with E-state index in [9.17, 15) is 4.79 Å². The van der Waals surface area contributed by atoms with E-state index in [1.807, 2.05) is 0 Å². The molecule has 104 valence electrons. The molecular formula is C14H16N4O2. The van der Waals surface area contributed by atoms with Gasteiger partial charge in [0.25, 0.3) is 5.82 Å². The fourth-order valence-electron chi connectivity index (χ4n) is 2.70. The molecule has 1 atom stereocenters. The molecule has 0 fully saturated rings. The van der Waals surface area contributed by atoms with Gasteiger partial charge in [-0.05, 0) is 25.8 Å². The van der Waals surface area contributed by atoms with Crippen LogP contribution in [0, 0.1) is 13.8 Å². The Labute approximate surface area is 116 Å². The van der Waals surface area contributed by atoms with Crippen molar-refractivity contribution in [3.8, 4) is 0 Å². The minimum absolute atomic E-state index is 0.0328. The van der Waals surface area contributed by atoms with Crippen molar-refractivity contribution in [2.45, 2.75) is 26.3 Å². The second kappa shape index (κ2) is 4.63. The molecular weight excluding hydrogens is 256 g/mol. The number of benzene rings is 1. The van der Waals surface area contributed by atoms with Crippen LogP contribution in [0.5, 0.6) is 0 Å². The van der Waals surface area contributed by atoms with Crippen molar-refractivity contribution >= 4 is 11.9 Å². The maximum absolute atomic E-state index is 11.0. The summed E-state index contributed by atoms with van der Waals surface area (Å²) in [5.74, 6) is -0.741. The quantitative estimate of drug-likeness (QED) is 0.874. The van der Waals surface area contributed by atoms with Gasteiger partial charge >= 0.3 is 5.97 Å². The van der Waals surface area contributed by atoms with Gasteiger partial charge in [-0.15, -0.1) is 5.10 Å². The highest BCUT2D eigenvalue weighted by Gasteiger charge is 2.26. The minimum atomic E-state index is -1.10. The number of aromatic carboxylic acids is 1. The maximum Gasteiger partial charge on any atom is 0.375 e. The zero-order valence-electron chi connectivity index (χ0n) is 11.4. The van der Waals surface area contributed by atoms with Crippen LogP contribution in [0.1, 0.15) is 39.8 Å². The van der Waals surface area contributed by atoms with Crippen LogP contribution in [0.2, 0.25) is 0 Å². The molecule has 0 saturated carbocycles. The lowest BCUT2D eigenvalue weighted by atomic mass is 9.98. The lowest BCUT2D eigenvalue weighted by molar-refractivity contribution is 0.0683. The number of nitrogens with one attached hydrogen (secondary N) is 1. The Hall–Kier alpha value is -2.37. The first kappa shape index (κ1) is 12.7. The van der Waals surface area contributed by atoms with Crippen molar-refractivity contribution in [3.63, 3.8) is 0 Å². The molecule has 0 radical (unpaired) electrons. The van der Waals surface area contributed by atoms with Gasteiger partial charge in [-0.3, -0.25) is 0 Å². The van der Waals surface area contributed by atoms with Crippen molar-refractivity contribution in [3.05, 3.63) is 40.7 Å². The van der Waals surface area contributed by atoms with Gasteiger partial charge in [0.15, 0.2) is 0 Å². The Balaban J connectivity index is 2.06. The number of hydrogen-bond donors (Lipinski definition) is 2. The van der Waals surface area contributed by atoms with Crippen LogP contribution in [-0.2, 0) is 0 Å². The molecule has 1 aromatic carbocycles. The van der Waals surface area contributed by atoms with Crippen LogP contribution in [0.15, 0.2) is 18.2 Å². The van der Waals surface area contributed by atoms with E-state index in [0.29, 0.717) is 5.95 Å². The third kappa shape index (κ3) is 2.13. The first-order valence-corrected chi connectivity index (χ1v) is 6.56. The van der Waals surface area contributed by atoms with Crippen molar-refractivity contribution in [2.24, 2.45) is 0 Å². The molecule has 6 heteroatoms. The molecule has 20 heavy (non-hydrogen) atoms. The molecule has 2 aromatic rings. The standard InChI is InChI=1S/C14H16N4O2/c1-8-5-9(2)7-10(6-8)11-3-4-15-14-16-12(13(19)20)17-18(11)14/h5-7,11H,3-4H2,1-2H3,(H,19,20)(H,15,16,17). The summed E-state index contributed by atoms with van der Waals surface area (Å²) in [6.45, 7) is 4.88. The van der Waals surface area contributed by atoms with E-state index in [1.54, 1.807) is 4.68 Å². The molecule has 3 rings (SSSR count). The number of aryl methyl sites for hydroxylation is 2. The summed E-state index contributed by atoms with van der Waals surface area (Å²) >= 11 is 0. The molecule has 1 unspecified atom stereocenters. The monoisotopic (exact) mass is 272 g/mol. The fourth-order valence-corrected chi connectivity index (χ4v) is 2.70. The van der Waals surface area contributed by atoms with Gasteiger partial charge in [0.2, 0.25) is 5.95 Å². The highest BCUT2D eigenvalue weighted by Crippen LogP contribution is 2.29. The fraction of sp³-hybridized carbons (Fsp3) is 0.357. The normalized spacial score (nSPS) is 17.4. The van der Waals surface area contributed by atoms with E-state index in [2.05, 4.69) is 47.4 Å². The highest BCUT2D eigenvalue weighted by atomic mass is 16.4. The third-order valence-corrected chi connectivity index (χ3v) is 3.45. The summed E-state index contributed by atoms with van der Waals surface area (Å²) in [7, 11) is 0. The lowest BCUT2D eigenvalue weighted by Crippen LogP contribution is -2.25. The van der Waals surface area contributed by atoms with Crippen LogP contribution in [0.4, 0.5) is 5.95 Å². The number of fused-ring (bicyclic) bond motifs is 1. The van der Waals surface area contributed by atoms with Crippen LogP contribution in [0.3, 0.4) is 0 Å². The minimum Gasteiger partial charge on any atom is -0.475 e. The van der Waals surface area contributed by atoms with E-state index in [-0.39, 0.29) is 11.9 Å². The number of carboxylic acid groups (broad SMARTS) is 1. The SMILES string of the molecule is Cc1cc(C)cc(C2CCNc3nc(C(=O)O)nn32)c1. The van der Waals surface area contributed by atoms with E-state index < -0.39 is 5.97 Å². The topological polar surface area (TPSA) is 80.0 Å². The maximum atomic E-state index is 11.0. The second-order valence-corrected chi connectivity index (χ2v) is 5.16. The molecule has 1 aliphatic heterocycles. The molecule has 0 bridgehead atoms. The number of hydrogen-bond acceptors (Lipinski definition) is 4. The van der Waals surface area contributed by atoms with Crippen LogP contribution < -0.4 is 5.32 Å². The number of anilines is 1. The van der Waals surface area contributed by atoms with Crippen LogP contribution in [-0.4, -0.2) is 32.4 Å². The van der Waals surface area contributed by atoms with Gasteiger partial charge < -0.3 is 10.4 Å². The summed E-state index contributed by atoms with van der Waals surface area (Å²) in [6, 6.07) is 6.39. The van der Waals surface area contributed by atoms with E-state index in [0.717, 1.165) is 18.5 Å². The van der Waals surface area contributed by atoms with Gasteiger partial charge in [0.1, 0.15) is 0 Å². The van der Waals surface area contributed by atoms with Crippen LogP contribution in [0.25, 0.3) is 0 Å². The molecule has 2 heterocycles. The first-order valence-electron chi connectivity index (χ1n) is 6.56. The molecule has 0 amide bonds. The Morgan fingerprint density at radius 1 is 1.35 bits per heavy atom. The Morgan fingerprint density at radius 3 is 2.70 bits per heavy atom. The second-order valence-electron chi connectivity index (χ2n) is 5.16. The zero-order chi connectivity index (χ0) is 14.3. The van der Waals surface area contributed by atoms with Crippen molar-refractivity contribution in [1.82, 2.24) is 14.8 Å². The van der Waals surface area contributed by atoms with E-state index in [4.69, 9.17) is 5.11 Å². The van der Waals surface area contributed by atoms with E-state index in [1.165, 1.54) is 11.1 Å². The number of carboxylic acids is 1. The number of aromatic nitrogens is 3. The highest BCUT2D eigenvalue weighted by molar-refractivity contribution is 5.83. The van der Waals surface area contributed by atoms with Gasteiger partial charge in [-0.1, -0.05) is 29.3 Å². The molecule has 0 spiro atoms. The largest absolute Gasteiger partial charge is 0.475 e. The van der Waals surface area contributed by atoms with Gasteiger partial charge in [-0.2, -0.15) is 4.98 Å². The Bertz CT molecular complexity index is 658. The van der Waals surface area contributed by atoms with Gasteiger partial charge in [-0.25, -0.2) is 9.48 Å². The van der Waals surface area contributed by atoms with Crippen molar-refractivity contribution < 1.29 is 9.90 Å². The average Bonchev–Trinajstić information content (AvgIpc) is 2.81. The summed E-state index contributed by atoms with van der Waals surface area (Å²) in [4.78, 5) is 15.0. The first-order chi connectivity index (χ1) is 9.54. The smallest absolute Gasteiger partial charge is 0.375 e. The summed E-state index contributed by atoms with van der Waals surface area (Å²) < 4.78 is 1.68. The summed E-state index contributed by atoms with van der Waals surface area (Å²) in [6.07, 6.45) is 0.859. The number of rotatable bonds is 2. The van der Waals surface area contributed by atoms with Crippen molar-refractivity contribution in [2.75, 3.05) is 11.9 Å². The van der Waals surface area contributed by atoms with Gasteiger partial charge in [0, 0.05) is 6.54 Å². The molecule has 0 saturated heterocycles. The lowest BCUT2D eigenvalue weighted by Gasteiger charge is -2.25. The molecule has 1 aliphatic rings. The molecule has 0 aliphatic carbocycles. The zero-order valence-corrected chi connectivity index (χ0v) is 11.4. The van der Waals surface area contributed by atoms with Crippen molar-refractivity contribution in [1.29, 1.82) is 0 Å². The summed E-state index contributed by atoms with van der Waals surface area (Å²) in [5, 5.41) is 16.2.